The lowest BCUT2D eigenvalue weighted by atomic mass is 10.3. The predicted octanol–water partition coefficient (Wildman–Crippen LogP) is 0.636. The normalized spacial score (nSPS) is 8.86. The molecule has 0 aliphatic rings. The van der Waals surface area contributed by atoms with Gasteiger partial charge in [0.2, 0.25) is 0 Å². The van der Waals surface area contributed by atoms with Crippen LogP contribution in [0.1, 0.15) is 13.3 Å². The quantitative estimate of drug-likeness (QED) is 0.501. The average Bonchev–Trinajstić information content (AvgIpc) is 1.61. The molecule has 0 saturated carbocycles. The molecule has 0 rings (SSSR count). The van der Waals surface area contributed by atoms with Crippen molar-refractivity contribution in [3.05, 3.63) is 0 Å². The van der Waals surface area contributed by atoms with E-state index in [0.717, 1.165) is 18.7 Å². The highest BCUT2D eigenvalue weighted by atomic mass is 14.8. The summed E-state index contributed by atoms with van der Waals surface area (Å²) in [7, 11) is 1.89. The zero-order valence-corrected chi connectivity index (χ0v) is 4.91. The molecule has 0 atom stereocenters. The first-order valence-electron chi connectivity index (χ1n) is 2.46. The summed E-state index contributed by atoms with van der Waals surface area (Å²) in [5, 5.41) is 9.92. The molecule has 42 valence electrons. The molecule has 0 unspecified atom stereocenters. The van der Waals surface area contributed by atoms with E-state index in [1.807, 2.05) is 14.0 Å². The first kappa shape index (κ1) is 6.63. The van der Waals surface area contributed by atoms with E-state index in [9.17, 15) is 0 Å². The first-order valence-corrected chi connectivity index (χ1v) is 2.46. The second-order valence-corrected chi connectivity index (χ2v) is 1.63. The molecule has 0 aliphatic heterocycles. The Hall–Kier alpha value is -0.370. The topological polar surface area (TPSA) is 35.9 Å². The summed E-state index contributed by atoms with van der Waals surface area (Å²) >= 11 is 0. The Morgan fingerprint density at radius 1 is 1.71 bits per heavy atom. The van der Waals surface area contributed by atoms with E-state index < -0.39 is 0 Å². The van der Waals surface area contributed by atoms with E-state index in [-0.39, 0.29) is 0 Å². The highest BCUT2D eigenvalue weighted by molar-refractivity contribution is 5.78. The fraction of sp³-hybridized carbons (Fsp3) is 0.800. The lowest BCUT2D eigenvalue weighted by Crippen LogP contribution is -2.10. The number of rotatable bonds is 3. The summed E-state index contributed by atoms with van der Waals surface area (Å²) in [6.45, 7) is 2.74. The van der Waals surface area contributed by atoms with Gasteiger partial charge in [0.05, 0.1) is 0 Å². The molecular formula is C5H12N2. The zero-order valence-electron chi connectivity index (χ0n) is 4.91. The van der Waals surface area contributed by atoms with Crippen molar-refractivity contribution in [2.45, 2.75) is 13.3 Å². The van der Waals surface area contributed by atoms with E-state index in [0.29, 0.717) is 0 Å². The van der Waals surface area contributed by atoms with Crippen LogP contribution in [-0.4, -0.2) is 19.3 Å². The lowest BCUT2D eigenvalue weighted by Gasteiger charge is -1.92. The second kappa shape index (κ2) is 3.81. The molecule has 0 bridgehead atoms. The van der Waals surface area contributed by atoms with Crippen LogP contribution >= 0.6 is 0 Å². The minimum Gasteiger partial charge on any atom is -0.319 e. The van der Waals surface area contributed by atoms with Crippen molar-refractivity contribution in [1.82, 2.24) is 5.32 Å². The molecule has 7 heavy (non-hydrogen) atoms. The molecule has 2 nitrogen and oxygen atoms in total. The molecule has 0 saturated heterocycles. The Labute approximate surface area is 44.4 Å². The fourth-order valence-electron chi connectivity index (χ4n) is 0.312. The fourth-order valence-corrected chi connectivity index (χ4v) is 0.312. The molecule has 0 fully saturated rings. The molecular weight excluding hydrogens is 88.1 g/mol. The van der Waals surface area contributed by atoms with Crippen LogP contribution in [0.2, 0.25) is 0 Å². The van der Waals surface area contributed by atoms with Crippen LogP contribution < -0.4 is 5.32 Å². The third kappa shape index (κ3) is 5.63. The molecule has 0 aromatic carbocycles. The summed E-state index contributed by atoms with van der Waals surface area (Å²) in [5.41, 5.74) is 0.745. The van der Waals surface area contributed by atoms with Gasteiger partial charge < -0.3 is 10.7 Å². The summed E-state index contributed by atoms with van der Waals surface area (Å²) in [5.74, 6) is 0. The van der Waals surface area contributed by atoms with E-state index in [4.69, 9.17) is 5.41 Å². The van der Waals surface area contributed by atoms with Crippen molar-refractivity contribution in [2.75, 3.05) is 13.6 Å². The maximum absolute atomic E-state index is 6.96. The van der Waals surface area contributed by atoms with Gasteiger partial charge in [0.25, 0.3) is 0 Å². The van der Waals surface area contributed by atoms with E-state index >= 15 is 0 Å². The Morgan fingerprint density at radius 3 is 2.43 bits per heavy atom. The Balaban J connectivity index is 2.82. The molecule has 0 spiro atoms. The Bertz CT molecular complexity index is 59.1. The summed E-state index contributed by atoms with van der Waals surface area (Å²) in [4.78, 5) is 0. The van der Waals surface area contributed by atoms with Crippen LogP contribution in [0.5, 0.6) is 0 Å². The summed E-state index contributed by atoms with van der Waals surface area (Å²) < 4.78 is 0. The third-order valence-corrected chi connectivity index (χ3v) is 0.750. The van der Waals surface area contributed by atoms with Gasteiger partial charge >= 0.3 is 0 Å². The minimum absolute atomic E-state index is 0.745. The van der Waals surface area contributed by atoms with Crippen LogP contribution in [0, 0.1) is 5.41 Å². The van der Waals surface area contributed by atoms with Gasteiger partial charge in [-0.2, -0.15) is 0 Å². The number of hydrogen-bond acceptors (Lipinski definition) is 2. The third-order valence-electron chi connectivity index (χ3n) is 0.750. The van der Waals surface area contributed by atoms with Crippen molar-refractivity contribution in [3.8, 4) is 0 Å². The monoisotopic (exact) mass is 100 g/mol. The van der Waals surface area contributed by atoms with Gasteiger partial charge in [0.15, 0.2) is 0 Å². The largest absolute Gasteiger partial charge is 0.319 e. The van der Waals surface area contributed by atoms with Crippen molar-refractivity contribution < 1.29 is 0 Å². The number of hydrogen-bond donors (Lipinski definition) is 2. The van der Waals surface area contributed by atoms with Gasteiger partial charge in [0, 0.05) is 12.3 Å². The maximum atomic E-state index is 6.96. The van der Waals surface area contributed by atoms with E-state index in [1.165, 1.54) is 0 Å². The first-order chi connectivity index (χ1) is 3.27. The van der Waals surface area contributed by atoms with Crippen LogP contribution in [-0.2, 0) is 0 Å². The van der Waals surface area contributed by atoms with Crippen LogP contribution in [0.4, 0.5) is 0 Å². The van der Waals surface area contributed by atoms with Gasteiger partial charge in [-0.1, -0.05) is 0 Å². The van der Waals surface area contributed by atoms with E-state index in [1.54, 1.807) is 0 Å². The minimum atomic E-state index is 0.745. The standard InChI is InChI=1S/C5H12N2/c1-5(6)3-4-7-2/h6-7H,3-4H2,1-2H3. The van der Waals surface area contributed by atoms with Crippen molar-refractivity contribution >= 4 is 5.71 Å². The summed E-state index contributed by atoms with van der Waals surface area (Å²) in [6, 6.07) is 0. The molecule has 0 heterocycles. The van der Waals surface area contributed by atoms with Gasteiger partial charge in [-0.25, -0.2) is 0 Å². The highest BCUT2D eigenvalue weighted by Crippen LogP contribution is 1.75. The predicted molar refractivity (Wildman–Crippen MR) is 31.9 cm³/mol. The van der Waals surface area contributed by atoms with Gasteiger partial charge in [-0.05, 0) is 20.4 Å². The molecule has 0 aromatic heterocycles. The van der Waals surface area contributed by atoms with Crippen molar-refractivity contribution in [1.29, 1.82) is 5.41 Å². The molecule has 0 aliphatic carbocycles. The molecule has 0 aromatic rings. The SMILES string of the molecule is CNCCC(C)=N. The zero-order chi connectivity index (χ0) is 5.70. The van der Waals surface area contributed by atoms with Crippen LogP contribution in [0.15, 0.2) is 0 Å². The van der Waals surface area contributed by atoms with Crippen LogP contribution in [0.25, 0.3) is 0 Å². The van der Waals surface area contributed by atoms with E-state index in [2.05, 4.69) is 5.32 Å². The Kier molecular flexibility index (Phi) is 3.61. The van der Waals surface area contributed by atoms with Gasteiger partial charge in [-0.15, -0.1) is 0 Å². The Morgan fingerprint density at radius 2 is 2.29 bits per heavy atom. The lowest BCUT2D eigenvalue weighted by molar-refractivity contribution is 0.820. The van der Waals surface area contributed by atoms with Crippen molar-refractivity contribution in [3.63, 3.8) is 0 Å². The maximum Gasteiger partial charge on any atom is 0.00708 e. The molecule has 2 N–H and O–H groups in total. The van der Waals surface area contributed by atoms with Gasteiger partial charge in [-0.3, -0.25) is 0 Å². The molecule has 0 amide bonds. The van der Waals surface area contributed by atoms with Crippen LogP contribution in [0.3, 0.4) is 0 Å². The average molecular weight is 100 g/mol. The molecule has 2 heteroatoms. The molecule has 0 radical (unpaired) electrons. The smallest absolute Gasteiger partial charge is 0.00708 e. The highest BCUT2D eigenvalue weighted by Gasteiger charge is 1.82. The number of nitrogens with one attached hydrogen (secondary N) is 2. The van der Waals surface area contributed by atoms with Crippen molar-refractivity contribution in [2.24, 2.45) is 0 Å². The second-order valence-electron chi connectivity index (χ2n) is 1.63. The summed E-state index contributed by atoms with van der Waals surface area (Å²) in [6.07, 6.45) is 0.872. The van der Waals surface area contributed by atoms with Gasteiger partial charge in [0.1, 0.15) is 0 Å².